The van der Waals surface area contributed by atoms with Crippen molar-refractivity contribution in [1.82, 2.24) is 19.1 Å². The van der Waals surface area contributed by atoms with E-state index in [-0.39, 0.29) is 17.4 Å². The number of imidazole rings is 1. The summed E-state index contributed by atoms with van der Waals surface area (Å²) in [5, 5.41) is 0. The molecule has 3 aromatic rings. The van der Waals surface area contributed by atoms with Crippen LogP contribution in [-0.2, 0) is 19.8 Å². The zero-order valence-electron chi connectivity index (χ0n) is 15.4. The van der Waals surface area contributed by atoms with Gasteiger partial charge in [-0.2, -0.15) is 13.2 Å². The van der Waals surface area contributed by atoms with Crippen molar-refractivity contribution in [3.63, 3.8) is 0 Å². The molecule has 1 aliphatic rings. The molecule has 3 aromatic heterocycles. The van der Waals surface area contributed by atoms with Gasteiger partial charge in [0.1, 0.15) is 5.82 Å². The summed E-state index contributed by atoms with van der Waals surface area (Å²) in [5.74, 6) is 0.178. The summed E-state index contributed by atoms with van der Waals surface area (Å²) in [7, 11) is 1.71. The molecule has 1 fully saturated rings. The molecule has 0 amide bonds. The largest absolute Gasteiger partial charge is 0.419 e. The highest BCUT2D eigenvalue weighted by atomic mass is 19.4. The van der Waals surface area contributed by atoms with Crippen LogP contribution in [0.4, 0.5) is 19.0 Å². The highest BCUT2D eigenvalue weighted by molar-refractivity contribution is 5.71. The van der Waals surface area contributed by atoms with Crippen LogP contribution in [-0.4, -0.2) is 32.2 Å². The van der Waals surface area contributed by atoms with Crippen molar-refractivity contribution in [3.05, 3.63) is 52.7 Å². The van der Waals surface area contributed by atoms with Crippen LogP contribution < -0.4 is 10.6 Å². The number of aryl methyl sites for hydroxylation is 1. The Balaban J connectivity index is 1.51. The minimum absolute atomic E-state index is 0.0163. The van der Waals surface area contributed by atoms with Crippen LogP contribution in [0.5, 0.6) is 0 Å². The molecule has 1 saturated heterocycles. The number of pyridine rings is 2. The van der Waals surface area contributed by atoms with Crippen molar-refractivity contribution in [1.29, 1.82) is 0 Å². The second kappa shape index (κ2) is 6.96. The van der Waals surface area contributed by atoms with Gasteiger partial charge in [-0.3, -0.25) is 9.13 Å². The van der Waals surface area contributed by atoms with Crippen molar-refractivity contribution in [2.75, 3.05) is 18.0 Å². The van der Waals surface area contributed by atoms with Crippen LogP contribution in [0.3, 0.4) is 0 Å². The number of alkyl halides is 3. The average Bonchev–Trinajstić information content (AvgIpc) is 2.93. The first-order chi connectivity index (χ1) is 13.4. The zero-order valence-corrected chi connectivity index (χ0v) is 15.4. The van der Waals surface area contributed by atoms with Crippen molar-refractivity contribution in [2.24, 2.45) is 13.0 Å². The number of aromatic nitrogens is 4. The second-order valence-electron chi connectivity index (χ2n) is 7.10. The fourth-order valence-electron chi connectivity index (χ4n) is 3.85. The van der Waals surface area contributed by atoms with E-state index in [9.17, 15) is 18.0 Å². The number of hydrogen-bond acceptors (Lipinski definition) is 4. The summed E-state index contributed by atoms with van der Waals surface area (Å²) in [6.45, 7) is 1.45. The van der Waals surface area contributed by atoms with Crippen molar-refractivity contribution in [2.45, 2.75) is 25.6 Å². The van der Waals surface area contributed by atoms with E-state index in [0.717, 1.165) is 11.6 Å². The molecule has 0 N–H and O–H groups in total. The van der Waals surface area contributed by atoms with E-state index in [4.69, 9.17) is 0 Å². The first-order valence-electron chi connectivity index (χ1n) is 9.13. The highest BCUT2D eigenvalue weighted by Gasteiger charge is 2.36. The summed E-state index contributed by atoms with van der Waals surface area (Å²) in [6, 6.07) is 6.01. The van der Waals surface area contributed by atoms with E-state index in [1.807, 2.05) is 6.07 Å². The quantitative estimate of drug-likeness (QED) is 0.689. The Labute approximate surface area is 159 Å². The Bertz CT molecular complexity index is 1050. The van der Waals surface area contributed by atoms with E-state index in [0.29, 0.717) is 38.1 Å². The SMILES string of the molecule is Cn1c(=O)n(CC2CCN(c3ncccc3C(F)(F)F)CC2)c2ncccc21. The average molecular weight is 391 g/mol. The molecule has 0 unspecified atom stereocenters. The van der Waals surface area contributed by atoms with Gasteiger partial charge in [0.05, 0.1) is 11.1 Å². The molecule has 9 heteroatoms. The van der Waals surface area contributed by atoms with Crippen molar-refractivity contribution in [3.8, 4) is 0 Å². The number of rotatable bonds is 3. The monoisotopic (exact) mass is 391 g/mol. The molecule has 4 rings (SSSR count). The minimum atomic E-state index is -4.43. The Morgan fingerprint density at radius 3 is 2.50 bits per heavy atom. The van der Waals surface area contributed by atoms with Crippen LogP contribution in [0.15, 0.2) is 41.5 Å². The molecule has 0 bridgehead atoms. The molecule has 0 aliphatic carbocycles. The number of fused-ring (bicyclic) bond motifs is 1. The molecule has 0 atom stereocenters. The molecular formula is C19H20F3N5O. The standard InChI is InChI=1S/C19H20F3N5O/c1-25-15-5-3-9-24-17(15)27(18(25)28)12-13-6-10-26(11-7-13)16-14(19(20,21)22)4-2-8-23-16/h2-5,8-9,13H,6-7,10-12H2,1H3. The third kappa shape index (κ3) is 3.25. The summed E-state index contributed by atoms with van der Waals surface area (Å²) in [4.78, 5) is 22.5. The molecule has 1 aliphatic heterocycles. The normalized spacial score (nSPS) is 16.1. The van der Waals surface area contributed by atoms with Gasteiger partial charge in [0, 0.05) is 39.1 Å². The highest BCUT2D eigenvalue weighted by Crippen LogP contribution is 2.36. The van der Waals surface area contributed by atoms with Crippen LogP contribution in [0.2, 0.25) is 0 Å². The summed E-state index contributed by atoms with van der Waals surface area (Å²) in [5.41, 5.74) is 0.581. The van der Waals surface area contributed by atoms with Gasteiger partial charge in [-0.25, -0.2) is 14.8 Å². The fraction of sp³-hybridized carbons (Fsp3) is 0.421. The summed E-state index contributed by atoms with van der Waals surface area (Å²) >= 11 is 0. The molecule has 148 valence electrons. The first-order valence-corrected chi connectivity index (χ1v) is 9.13. The number of hydrogen-bond donors (Lipinski definition) is 0. The maximum absolute atomic E-state index is 13.2. The van der Waals surface area contributed by atoms with Gasteiger partial charge in [-0.05, 0) is 43.0 Å². The van der Waals surface area contributed by atoms with E-state index >= 15 is 0 Å². The molecular weight excluding hydrogens is 371 g/mol. The molecule has 0 aromatic carbocycles. The molecule has 0 radical (unpaired) electrons. The third-order valence-electron chi connectivity index (χ3n) is 5.35. The number of nitrogens with zero attached hydrogens (tertiary/aromatic N) is 5. The van der Waals surface area contributed by atoms with Crippen LogP contribution in [0.1, 0.15) is 18.4 Å². The number of halogens is 3. The topological polar surface area (TPSA) is 56.0 Å². The lowest BCUT2D eigenvalue weighted by Gasteiger charge is -2.34. The van der Waals surface area contributed by atoms with Crippen LogP contribution in [0.25, 0.3) is 11.2 Å². The lowest BCUT2D eigenvalue weighted by molar-refractivity contribution is -0.137. The smallest absolute Gasteiger partial charge is 0.356 e. The van der Waals surface area contributed by atoms with Crippen molar-refractivity contribution >= 4 is 17.0 Å². The van der Waals surface area contributed by atoms with Gasteiger partial charge in [0.15, 0.2) is 5.65 Å². The Kier molecular flexibility index (Phi) is 4.60. The van der Waals surface area contributed by atoms with Gasteiger partial charge in [-0.15, -0.1) is 0 Å². The van der Waals surface area contributed by atoms with E-state index in [2.05, 4.69) is 9.97 Å². The number of anilines is 1. The Morgan fingerprint density at radius 2 is 1.79 bits per heavy atom. The van der Waals surface area contributed by atoms with Crippen molar-refractivity contribution < 1.29 is 13.2 Å². The maximum Gasteiger partial charge on any atom is 0.419 e. The first kappa shape index (κ1) is 18.5. The van der Waals surface area contributed by atoms with E-state index < -0.39 is 11.7 Å². The number of piperidine rings is 1. The lowest BCUT2D eigenvalue weighted by atomic mass is 9.96. The fourth-order valence-corrected chi connectivity index (χ4v) is 3.85. The van der Waals surface area contributed by atoms with Gasteiger partial charge in [0.2, 0.25) is 0 Å². The minimum Gasteiger partial charge on any atom is -0.356 e. The van der Waals surface area contributed by atoms with Crippen LogP contribution >= 0.6 is 0 Å². The predicted octanol–water partition coefficient (Wildman–Crippen LogP) is 3.07. The van der Waals surface area contributed by atoms with E-state index in [1.165, 1.54) is 12.3 Å². The molecule has 0 saturated carbocycles. The lowest BCUT2D eigenvalue weighted by Crippen LogP contribution is -2.38. The Hall–Kier alpha value is -2.84. The second-order valence-corrected chi connectivity index (χ2v) is 7.10. The molecule has 0 spiro atoms. The zero-order chi connectivity index (χ0) is 19.9. The van der Waals surface area contributed by atoms with Gasteiger partial charge < -0.3 is 4.90 Å². The van der Waals surface area contributed by atoms with E-state index in [1.54, 1.807) is 33.3 Å². The molecule has 28 heavy (non-hydrogen) atoms. The van der Waals surface area contributed by atoms with Gasteiger partial charge >= 0.3 is 11.9 Å². The molecule has 6 nitrogen and oxygen atoms in total. The molecule has 4 heterocycles. The van der Waals surface area contributed by atoms with Crippen LogP contribution in [0, 0.1) is 5.92 Å². The van der Waals surface area contributed by atoms with Gasteiger partial charge in [-0.1, -0.05) is 0 Å². The Morgan fingerprint density at radius 1 is 1.11 bits per heavy atom. The summed E-state index contributed by atoms with van der Waals surface area (Å²) in [6.07, 6.45) is -0.0198. The summed E-state index contributed by atoms with van der Waals surface area (Å²) < 4.78 is 43.0. The maximum atomic E-state index is 13.2. The predicted molar refractivity (Wildman–Crippen MR) is 99.2 cm³/mol. The third-order valence-corrected chi connectivity index (χ3v) is 5.35. The van der Waals surface area contributed by atoms with Gasteiger partial charge in [0.25, 0.3) is 0 Å².